The fourth-order valence-corrected chi connectivity index (χ4v) is 3.63. The zero-order valence-electron chi connectivity index (χ0n) is 15.3. The van der Waals surface area contributed by atoms with E-state index in [-0.39, 0.29) is 18.6 Å². The number of nitriles is 2. The number of carbonyl (C=O) groups excluding carboxylic acids is 2. The molecule has 6 heteroatoms. The molecule has 0 saturated heterocycles. The van der Waals surface area contributed by atoms with Crippen LogP contribution in [-0.2, 0) is 16.0 Å². The highest BCUT2D eigenvalue weighted by molar-refractivity contribution is 7.14. The van der Waals surface area contributed by atoms with Crippen molar-refractivity contribution in [2.24, 2.45) is 0 Å². The molecule has 1 aromatic carbocycles. The third kappa shape index (κ3) is 4.69. The molecule has 2 rings (SSSR count). The van der Waals surface area contributed by atoms with Gasteiger partial charge < -0.3 is 4.74 Å². The highest BCUT2D eigenvalue weighted by atomic mass is 32.1. The third-order valence-corrected chi connectivity index (χ3v) is 5.19. The second-order valence-corrected chi connectivity index (χ2v) is 6.97. The van der Waals surface area contributed by atoms with Gasteiger partial charge in [-0.2, -0.15) is 10.5 Å². The highest BCUT2D eigenvalue weighted by Crippen LogP contribution is 2.29. The molecule has 136 valence electrons. The highest BCUT2D eigenvalue weighted by Gasteiger charge is 2.23. The molecule has 0 amide bonds. The summed E-state index contributed by atoms with van der Waals surface area (Å²) in [4.78, 5) is 25.4. The smallest absolute Gasteiger partial charge is 0.348 e. The van der Waals surface area contributed by atoms with Crippen LogP contribution < -0.4 is 0 Å². The van der Waals surface area contributed by atoms with Crippen LogP contribution in [0.25, 0.3) is 6.08 Å². The number of allylic oxidation sites excluding steroid dienone is 1. The predicted molar refractivity (Wildman–Crippen MR) is 103 cm³/mol. The first-order chi connectivity index (χ1) is 12.9. The van der Waals surface area contributed by atoms with Gasteiger partial charge >= 0.3 is 5.97 Å². The van der Waals surface area contributed by atoms with E-state index in [0.717, 1.165) is 22.5 Å². The number of thiophene rings is 1. The molecular weight excluding hydrogens is 360 g/mol. The summed E-state index contributed by atoms with van der Waals surface area (Å²) in [6.45, 7) is 5.53. The third-order valence-electron chi connectivity index (χ3n) is 3.92. The van der Waals surface area contributed by atoms with Gasteiger partial charge in [0.1, 0.15) is 17.0 Å². The van der Waals surface area contributed by atoms with Gasteiger partial charge in [0, 0.05) is 11.3 Å². The number of benzene rings is 1. The molecule has 0 saturated carbocycles. The summed E-state index contributed by atoms with van der Waals surface area (Å²) in [6.07, 6.45) is 1.42. The summed E-state index contributed by atoms with van der Waals surface area (Å²) in [7, 11) is 0. The molecular formula is C21H18N2O3S. The van der Waals surface area contributed by atoms with Gasteiger partial charge in [0.15, 0.2) is 5.78 Å². The Labute approximate surface area is 162 Å². The zero-order valence-corrected chi connectivity index (χ0v) is 16.1. The fourth-order valence-electron chi connectivity index (χ4n) is 2.48. The van der Waals surface area contributed by atoms with E-state index in [4.69, 9.17) is 4.74 Å². The summed E-state index contributed by atoms with van der Waals surface area (Å²) < 4.78 is 5.00. The second kappa shape index (κ2) is 8.93. The molecule has 0 fully saturated rings. The maximum Gasteiger partial charge on any atom is 0.348 e. The van der Waals surface area contributed by atoms with E-state index in [2.05, 4.69) is 0 Å². The van der Waals surface area contributed by atoms with Crippen LogP contribution in [0.15, 0.2) is 29.8 Å². The number of Topliss-reactive ketones (excluding diaryl/α,β-unsaturated/α-hetero) is 1. The number of hydrogen-bond donors (Lipinski definition) is 0. The maximum absolute atomic E-state index is 12.6. The Kier molecular flexibility index (Phi) is 6.65. The minimum absolute atomic E-state index is 0.00600. The molecule has 0 aliphatic heterocycles. The molecule has 2 aromatic rings. The Morgan fingerprint density at radius 3 is 2.41 bits per heavy atom. The first kappa shape index (κ1) is 20.1. The molecule has 0 radical (unpaired) electrons. The second-order valence-electron chi connectivity index (χ2n) is 5.87. The Morgan fingerprint density at radius 1 is 1.19 bits per heavy atom. The number of aryl methyl sites for hydroxylation is 1. The van der Waals surface area contributed by atoms with Crippen LogP contribution in [0.5, 0.6) is 0 Å². The van der Waals surface area contributed by atoms with Crippen molar-refractivity contribution < 1.29 is 14.3 Å². The van der Waals surface area contributed by atoms with Gasteiger partial charge in [-0.25, -0.2) is 4.79 Å². The number of hydrogen-bond acceptors (Lipinski definition) is 6. The van der Waals surface area contributed by atoms with Crippen molar-refractivity contribution in [3.63, 3.8) is 0 Å². The average molecular weight is 378 g/mol. The number of carbonyl (C=O) groups is 2. The number of rotatable bonds is 6. The first-order valence-corrected chi connectivity index (χ1v) is 9.14. The SMILES string of the molecule is CCOC(=O)c1sc(CC(=O)/C(C#N)=C/c2ccc(C)cc2)c(C#N)c1C. The molecule has 5 nitrogen and oxygen atoms in total. The zero-order chi connectivity index (χ0) is 20.0. The van der Waals surface area contributed by atoms with E-state index < -0.39 is 11.8 Å². The van der Waals surface area contributed by atoms with Gasteiger partial charge in [0.2, 0.25) is 0 Å². The summed E-state index contributed by atoms with van der Waals surface area (Å²) in [5.74, 6) is -0.905. The number of nitrogens with zero attached hydrogens (tertiary/aromatic N) is 2. The molecule has 0 spiro atoms. The van der Waals surface area contributed by atoms with E-state index in [0.29, 0.717) is 20.9 Å². The molecule has 1 heterocycles. The van der Waals surface area contributed by atoms with Crippen LogP contribution in [0.1, 0.15) is 43.7 Å². The van der Waals surface area contributed by atoms with E-state index in [1.54, 1.807) is 13.8 Å². The Hall–Kier alpha value is -3.22. The fraction of sp³-hybridized carbons (Fsp3) is 0.238. The number of ketones is 1. The van der Waals surface area contributed by atoms with Gasteiger partial charge in [-0.3, -0.25) is 4.79 Å². The summed E-state index contributed by atoms with van der Waals surface area (Å²) in [5, 5.41) is 18.8. The number of ether oxygens (including phenoxy) is 1. The van der Waals surface area contributed by atoms with Crippen molar-refractivity contribution in [2.75, 3.05) is 6.61 Å². The Balaban J connectivity index is 2.32. The quantitative estimate of drug-likeness (QED) is 0.428. The molecule has 0 aliphatic rings. The molecule has 0 unspecified atom stereocenters. The summed E-state index contributed by atoms with van der Waals surface area (Å²) in [6, 6.07) is 11.4. The van der Waals surface area contributed by atoms with Crippen molar-refractivity contribution in [1.82, 2.24) is 0 Å². The normalized spacial score (nSPS) is 10.8. The topological polar surface area (TPSA) is 90.9 Å². The standard InChI is InChI=1S/C21H18N2O3S/c1-4-26-21(25)20-14(3)17(12-23)19(27-20)10-18(24)16(11-22)9-15-7-5-13(2)6-8-15/h5-9H,4,10H2,1-3H3/b16-9+. The Bertz CT molecular complexity index is 986. The largest absolute Gasteiger partial charge is 0.462 e. The van der Waals surface area contributed by atoms with Crippen molar-refractivity contribution in [1.29, 1.82) is 10.5 Å². The molecule has 1 aromatic heterocycles. The number of esters is 1. The lowest BCUT2D eigenvalue weighted by Crippen LogP contribution is -2.05. The molecule has 0 atom stereocenters. The van der Waals surface area contributed by atoms with Gasteiger partial charge in [0.05, 0.1) is 17.7 Å². The summed E-state index contributed by atoms with van der Waals surface area (Å²) >= 11 is 1.07. The van der Waals surface area contributed by atoms with Gasteiger partial charge in [-0.15, -0.1) is 11.3 Å². The molecule has 27 heavy (non-hydrogen) atoms. The summed E-state index contributed by atoms with van der Waals surface area (Å²) in [5.41, 5.74) is 2.64. The van der Waals surface area contributed by atoms with Crippen molar-refractivity contribution in [2.45, 2.75) is 27.2 Å². The van der Waals surface area contributed by atoms with Crippen LogP contribution >= 0.6 is 11.3 Å². The van der Waals surface area contributed by atoms with E-state index in [9.17, 15) is 20.1 Å². The van der Waals surface area contributed by atoms with Crippen LogP contribution in [-0.4, -0.2) is 18.4 Å². The first-order valence-electron chi connectivity index (χ1n) is 8.32. The monoisotopic (exact) mass is 378 g/mol. The van der Waals surface area contributed by atoms with E-state index in [1.165, 1.54) is 6.08 Å². The van der Waals surface area contributed by atoms with Crippen LogP contribution in [0.4, 0.5) is 0 Å². The van der Waals surface area contributed by atoms with Crippen LogP contribution in [0, 0.1) is 36.5 Å². The Morgan fingerprint density at radius 2 is 1.85 bits per heavy atom. The van der Waals surface area contributed by atoms with E-state index in [1.807, 2.05) is 43.3 Å². The van der Waals surface area contributed by atoms with Crippen molar-refractivity contribution in [3.05, 3.63) is 61.8 Å². The molecule has 0 N–H and O–H groups in total. The van der Waals surface area contributed by atoms with E-state index >= 15 is 0 Å². The van der Waals surface area contributed by atoms with Crippen LogP contribution in [0.3, 0.4) is 0 Å². The van der Waals surface area contributed by atoms with Gasteiger partial charge in [0.25, 0.3) is 0 Å². The average Bonchev–Trinajstić information content (AvgIpc) is 2.96. The van der Waals surface area contributed by atoms with Gasteiger partial charge in [-0.1, -0.05) is 29.8 Å². The minimum Gasteiger partial charge on any atom is -0.462 e. The lowest BCUT2D eigenvalue weighted by molar-refractivity contribution is -0.114. The maximum atomic E-state index is 12.6. The van der Waals surface area contributed by atoms with Gasteiger partial charge in [-0.05, 0) is 38.0 Å². The van der Waals surface area contributed by atoms with Crippen molar-refractivity contribution in [3.8, 4) is 12.1 Å². The lowest BCUT2D eigenvalue weighted by atomic mass is 10.0. The molecule has 0 bridgehead atoms. The predicted octanol–water partition coefficient (Wildman–Crippen LogP) is 4.13. The van der Waals surface area contributed by atoms with Crippen molar-refractivity contribution >= 4 is 29.2 Å². The molecule has 0 aliphatic carbocycles. The minimum atomic E-state index is -0.508. The lowest BCUT2D eigenvalue weighted by Gasteiger charge is -2.00. The van der Waals surface area contributed by atoms with Crippen LogP contribution in [0.2, 0.25) is 0 Å².